The number of ether oxygens (including phenoxy) is 1. The second-order valence-corrected chi connectivity index (χ2v) is 14.0. The summed E-state index contributed by atoms with van der Waals surface area (Å²) in [6.07, 6.45) is 0. The number of aryl methyl sites for hydroxylation is 1. The minimum Gasteiger partial charge on any atom is -0.460 e. The molecule has 1 amide bonds. The van der Waals surface area contributed by atoms with Crippen molar-refractivity contribution < 1.29 is 23.8 Å². The highest BCUT2D eigenvalue weighted by molar-refractivity contribution is 9.10. The number of hydrogen-bond donors (Lipinski definition) is 2. The second kappa shape index (κ2) is 15.2. The molecule has 16 heteroatoms. The zero-order valence-electron chi connectivity index (χ0n) is 25.0. The molecule has 4 rings (SSSR count). The molecule has 1 atom stereocenters. The quantitative estimate of drug-likeness (QED) is 0.0611. The number of carbonyl (C=O) groups excluding carboxylic acids is 2. The topological polar surface area (TPSA) is 149 Å². The van der Waals surface area contributed by atoms with Crippen LogP contribution in [0.4, 0.5) is 17.2 Å². The third kappa shape index (κ3) is 7.97. The van der Waals surface area contributed by atoms with Crippen molar-refractivity contribution in [2.45, 2.75) is 27.3 Å². The number of amides is 1. The number of nitro groups is 1. The van der Waals surface area contributed by atoms with Crippen LogP contribution in [0.2, 0.25) is 10.0 Å². The van der Waals surface area contributed by atoms with Crippen LogP contribution in [0.1, 0.15) is 40.3 Å². The van der Waals surface area contributed by atoms with Crippen molar-refractivity contribution >= 4 is 80.9 Å². The Morgan fingerprint density at radius 3 is 2.15 bits per heavy atom. The highest BCUT2D eigenvalue weighted by atomic mass is 79.9. The fraction of sp³-hybridized carbons (Fsp3) is 0.233. The van der Waals surface area contributed by atoms with Crippen LogP contribution < -0.4 is 15.7 Å². The largest absolute Gasteiger partial charge is 0.460 e. The number of aromatic nitrogens is 2. The van der Waals surface area contributed by atoms with Crippen LogP contribution >= 0.6 is 46.6 Å². The van der Waals surface area contributed by atoms with Gasteiger partial charge in [-0.05, 0) is 77.5 Å². The minimum absolute atomic E-state index is 0.00980. The zero-order chi connectivity index (χ0) is 33.6. The van der Waals surface area contributed by atoms with Gasteiger partial charge < -0.3 is 15.1 Å². The van der Waals surface area contributed by atoms with Crippen molar-refractivity contribution in [1.82, 2.24) is 14.5 Å². The van der Waals surface area contributed by atoms with Gasteiger partial charge in [0.25, 0.3) is 19.0 Å². The number of carbonyl (C=O) groups is 2. The van der Waals surface area contributed by atoms with Gasteiger partial charge in [0.1, 0.15) is 17.7 Å². The normalized spacial score (nSPS) is 12.4. The molecule has 0 aliphatic carbocycles. The fourth-order valence-electron chi connectivity index (χ4n) is 4.66. The van der Waals surface area contributed by atoms with Gasteiger partial charge in [-0.1, -0.05) is 37.0 Å². The Hall–Kier alpha value is -3.74. The molecule has 3 aromatic carbocycles. The number of hydrogen-bond acceptors (Lipinski definition) is 7. The number of esters is 1. The lowest BCUT2D eigenvalue weighted by atomic mass is 10.2. The first-order valence-corrected chi connectivity index (χ1v) is 17.2. The summed E-state index contributed by atoms with van der Waals surface area (Å²) in [6, 6.07) is 16.6. The molecule has 12 nitrogen and oxygen atoms in total. The summed E-state index contributed by atoms with van der Waals surface area (Å²) < 4.78 is 24.2. The molecule has 0 aliphatic heterocycles. The predicted octanol–water partition coefficient (Wildman–Crippen LogP) is 7.55. The maximum atomic E-state index is 15.3. The molecule has 0 unspecified atom stereocenters. The molecule has 0 bridgehead atoms. The van der Waals surface area contributed by atoms with Crippen LogP contribution in [0.25, 0.3) is 0 Å². The molecule has 0 aliphatic rings. The maximum absolute atomic E-state index is 15.3. The smallest absolute Gasteiger partial charge is 0.338 e. The summed E-state index contributed by atoms with van der Waals surface area (Å²) in [5, 5.41) is 23.1. The first kappa shape index (κ1) is 35.1. The van der Waals surface area contributed by atoms with Crippen molar-refractivity contribution in [3.8, 4) is 0 Å². The van der Waals surface area contributed by atoms with E-state index in [0.717, 1.165) is 0 Å². The molecule has 0 spiro atoms. The Bertz CT molecular complexity index is 1800. The second-order valence-electron chi connectivity index (χ2n) is 9.86. The van der Waals surface area contributed by atoms with Crippen LogP contribution in [0.15, 0.2) is 71.2 Å². The number of nitrogens with zero attached hydrogens (tertiary/aromatic N) is 4. The standard InChI is InChI=1S/C30H30BrCl2N6O6P/c1-4-37(5-2)46(44,36-26-15-14-24(39(42)43)18-25(26)31)27-19(3)35-38(16-17-45-30(41)21-8-12-23(33)13-9-21)28(27)34-29(40)20-6-10-22(32)11-7-20/h6-15,18H,4-5,16-17H2,1-3H3,(H,34,40)(H,36,44)/t46-/m1/s1. The van der Waals surface area contributed by atoms with Gasteiger partial charge >= 0.3 is 5.97 Å². The first-order chi connectivity index (χ1) is 21.9. The minimum atomic E-state index is -3.84. The SMILES string of the molecule is CCN(CC)[P@](=O)(Nc1ccc([N+](=O)[O-])cc1Br)c1c(C)nn(CCOC(=O)c2ccc(Cl)cc2)c1NC(=O)c1ccc(Cl)cc1. The monoisotopic (exact) mass is 750 g/mol. The molecule has 1 heterocycles. The average Bonchev–Trinajstić information content (AvgIpc) is 3.33. The van der Waals surface area contributed by atoms with E-state index in [1.807, 2.05) is 13.8 Å². The summed E-state index contributed by atoms with van der Waals surface area (Å²) in [5.74, 6) is -0.966. The summed E-state index contributed by atoms with van der Waals surface area (Å²) in [4.78, 5) is 36.9. The van der Waals surface area contributed by atoms with Gasteiger partial charge in [0, 0.05) is 45.3 Å². The maximum Gasteiger partial charge on any atom is 0.338 e. The Morgan fingerprint density at radius 2 is 1.61 bits per heavy atom. The van der Waals surface area contributed by atoms with E-state index in [0.29, 0.717) is 50.1 Å². The Labute approximate surface area is 283 Å². The number of benzene rings is 3. The number of anilines is 2. The molecular formula is C30H30BrCl2N6O6P. The van der Waals surface area contributed by atoms with E-state index in [4.69, 9.17) is 27.9 Å². The lowest BCUT2D eigenvalue weighted by Crippen LogP contribution is -2.33. The van der Waals surface area contributed by atoms with Crippen molar-refractivity contribution in [2.24, 2.45) is 0 Å². The molecule has 0 fully saturated rings. The number of rotatable bonds is 13. The van der Waals surface area contributed by atoms with E-state index in [1.54, 1.807) is 60.1 Å². The number of non-ortho nitro benzene ring substituents is 1. The number of halogens is 3. The van der Waals surface area contributed by atoms with E-state index < -0.39 is 24.2 Å². The molecule has 46 heavy (non-hydrogen) atoms. The third-order valence-corrected chi connectivity index (χ3v) is 11.1. The average molecular weight is 752 g/mol. The van der Waals surface area contributed by atoms with Crippen molar-refractivity contribution in [1.29, 1.82) is 0 Å². The van der Waals surface area contributed by atoms with E-state index in [2.05, 4.69) is 31.4 Å². The van der Waals surface area contributed by atoms with E-state index >= 15 is 4.57 Å². The van der Waals surface area contributed by atoms with Gasteiger partial charge in [0.05, 0.1) is 28.4 Å². The van der Waals surface area contributed by atoms with Gasteiger partial charge in [-0.2, -0.15) is 5.10 Å². The first-order valence-electron chi connectivity index (χ1n) is 14.0. The zero-order valence-corrected chi connectivity index (χ0v) is 29.0. The van der Waals surface area contributed by atoms with Gasteiger partial charge in [0.15, 0.2) is 0 Å². The molecule has 0 saturated carbocycles. The number of nitrogens with one attached hydrogen (secondary N) is 2. The molecule has 4 aromatic rings. The Morgan fingerprint density at radius 1 is 1.02 bits per heavy atom. The molecular weight excluding hydrogens is 722 g/mol. The highest BCUT2D eigenvalue weighted by Crippen LogP contribution is 2.52. The van der Waals surface area contributed by atoms with Crippen molar-refractivity contribution in [3.05, 3.63) is 108 Å². The van der Waals surface area contributed by atoms with Crippen LogP contribution in [0.3, 0.4) is 0 Å². The highest BCUT2D eigenvalue weighted by Gasteiger charge is 2.39. The van der Waals surface area contributed by atoms with Gasteiger partial charge in [-0.25, -0.2) is 14.1 Å². The van der Waals surface area contributed by atoms with Crippen LogP contribution in [-0.2, 0) is 15.8 Å². The van der Waals surface area contributed by atoms with Crippen molar-refractivity contribution in [2.75, 3.05) is 30.1 Å². The van der Waals surface area contributed by atoms with E-state index in [1.165, 1.54) is 22.9 Å². The van der Waals surface area contributed by atoms with E-state index in [-0.39, 0.29) is 30.0 Å². The summed E-state index contributed by atoms with van der Waals surface area (Å²) in [7, 11) is -3.84. The fourth-order valence-corrected chi connectivity index (χ4v) is 8.32. The van der Waals surface area contributed by atoms with Crippen LogP contribution in [-0.4, -0.2) is 50.9 Å². The lowest BCUT2D eigenvalue weighted by Gasteiger charge is -2.32. The lowest BCUT2D eigenvalue weighted by molar-refractivity contribution is -0.384. The summed E-state index contributed by atoms with van der Waals surface area (Å²) in [5.41, 5.74) is 1.12. The molecule has 1 aromatic heterocycles. The van der Waals surface area contributed by atoms with Crippen molar-refractivity contribution in [3.63, 3.8) is 0 Å². The van der Waals surface area contributed by atoms with Gasteiger partial charge in [-0.15, -0.1) is 0 Å². The van der Waals surface area contributed by atoms with Crippen LogP contribution in [0, 0.1) is 17.0 Å². The molecule has 0 saturated heterocycles. The summed E-state index contributed by atoms with van der Waals surface area (Å²) >= 11 is 15.3. The van der Waals surface area contributed by atoms with Crippen LogP contribution in [0.5, 0.6) is 0 Å². The van der Waals surface area contributed by atoms with Gasteiger partial charge in [0.2, 0.25) is 0 Å². The summed E-state index contributed by atoms with van der Waals surface area (Å²) in [6.45, 7) is 5.92. The third-order valence-electron chi connectivity index (χ3n) is 6.92. The molecule has 2 N–H and O–H groups in total. The number of nitro benzene ring substituents is 1. The molecule has 242 valence electrons. The molecule has 0 radical (unpaired) electrons. The Balaban J connectivity index is 1.77. The Kier molecular flexibility index (Phi) is 11.6. The van der Waals surface area contributed by atoms with Gasteiger partial charge in [-0.3, -0.25) is 19.5 Å². The predicted molar refractivity (Wildman–Crippen MR) is 183 cm³/mol. The van der Waals surface area contributed by atoms with E-state index in [9.17, 15) is 19.7 Å².